The van der Waals surface area contributed by atoms with Crippen molar-refractivity contribution in [3.63, 3.8) is 0 Å². The summed E-state index contributed by atoms with van der Waals surface area (Å²) in [6.07, 6.45) is 10.2. The molecule has 0 N–H and O–H groups in total. The van der Waals surface area contributed by atoms with Crippen LogP contribution in [0.2, 0.25) is 0 Å². The lowest BCUT2D eigenvalue weighted by molar-refractivity contribution is -0.955. The van der Waals surface area contributed by atoms with Crippen LogP contribution in [0.25, 0.3) is 0 Å². The molecule has 6 nitrogen and oxygen atoms in total. The average Bonchev–Trinajstić information content (AvgIpc) is 3.80. The van der Waals surface area contributed by atoms with Gasteiger partial charge < -0.3 is 62.2 Å². The average molecular weight is 929 g/mol. The summed E-state index contributed by atoms with van der Waals surface area (Å²) in [7, 11) is 0. The minimum Gasteiger partial charge on any atom is -1.00 e. The molecule has 2 aliphatic carbocycles. The highest BCUT2D eigenvalue weighted by molar-refractivity contribution is 5.68. The largest absolute Gasteiger partial charge is 1.00 e. The highest BCUT2D eigenvalue weighted by Gasteiger charge is 2.77. The number of quaternary nitrogens is 2. The molecule has 4 aromatic rings. The van der Waals surface area contributed by atoms with E-state index in [0.29, 0.717) is 67.0 Å². The number of fused-ring (bicyclic) bond motifs is 4. The van der Waals surface area contributed by atoms with Crippen LogP contribution in [-0.2, 0) is 28.0 Å². The van der Waals surface area contributed by atoms with Crippen LogP contribution in [0.5, 0.6) is 0 Å². The van der Waals surface area contributed by atoms with Gasteiger partial charge in [0.15, 0.2) is 0 Å². The maximum absolute atomic E-state index is 7.64. The van der Waals surface area contributed by atoms with Gasteiger partial charge in [0, 0.05) is 83.8 Å². The second-order valence-electron chi connectivity index (χ2n) is 20.3. The molecule has 2 saturated carbocycles. The molecule has 14 rings (SSSR count). The number of halogens is 2. The second-order valence-corrected chi connectivity index (χ2v) is 20.3. The van der Waals surface area contributed by atoms with Gasteiger partial charge in [-0.1, -0.05) is 109 Å². The Morgan fingerprint density at radius 2 is 1.22 bits per heavy atom. The van der Waals surface area contributed by atoms with E-state index >= 15 is 0 Å². The molecule has 310 valence electrons. The smallest absolute Gasteiger partial charge is 0.136 e. The Balaban J connectivity index is 0.00000194. The van der Waals surface area contributed by atoms with Crippen molar-refractivity contribution in [2.75, 3.05) is 49.2 Å². The maximum atomic E-state index is 7.64. The van der Waals surface area contributed by atoms with E-state index in [2.05, 4.69) is 137 Å². The van der Waals surface area contributed by atoms with Gasteiger partial charge in [0.1, 0.15) is 44.7 Å². The summed E-state index contributed by atoms with van der Waals surface area (Å²) in [6, 6.07) is 46.2. The van der Waals surface area contributed by atoms with Crippen molar-refractivity contribution in [2.24, 2.45) is 29.6 Å². The van der Waals surface area contributed by atoms with Crippen molar-refractivity contribution in [2.45, 2.75) is 80.8 Å². The number of hydrogen-bond acceptors (Lipinski definition) is 4. The quantitative estimate of drug-likeness (QED) is 0.227. The number of nitrogens with zero attached hydrogens (tertiary/aromatic N) is 4. The van der Waals surface area contributed by atoms with Crippen LogP contribution in [-0.4, -0.2) is 85.0 Å². The van der Waals surface area contributed by atoms with Gasteiger partial charge in [-0.25, -0.2) is 0 Å². The summed E-state index contributed by atoms with van der Waals surface area (Å²) >= 11 is 0. The van der Waals surface area contributed by atoms with Gasteiger partial charge in [-0.2, -0.15) is 0 Å². The minimum atomic E-state index is -0.00686. The molecule has 7 fully saturated rings. The highest BCUT2D eigenvalue weighted by Crippen LogP contribution is 2.69. The van der Waals surface area contributed by atoms with Crippen molar-refractivity contribution in [3.8, 4) is 0 Å². The van der Waals surface area contributed by atoms with Crippen molar-refractivity contribution >= 4 is 11.4 Å². The summed E-state index contributed by atoms with van der Waals surface area (Å²) in [5.74, 6) is 2.26. The Morgan fingerprint density at radius 1 is 0.617 bits per heavy atom. The zero-order valence-electron chi connectivity index (χ0n) is 34.3. The van der Waals surface area contributed by atoms with Gasteiger partial charge in [-0.3, -0.25) is 0 Å². The Kier molecular flexibility index (Phi) is 8.89. The number of para-hydroxylation sites is 2. The van der Waals surface area contributed by atoms with E-state index in [1.165, 1.54) is 76.8 Å². The molecule has 8 heteroatoms. The molecule has 0 aromatic heterocycles. The van der Waals surface area contributed by atoms with Crippen LogP contribution in [0.1, 0.15) is 42.4 Å². The lowest BCUT2D eigenvalue weighted by atomic mass is 9.53. The van der Waals surface area contributed by atoms with E-state index < -0.39 is 0 Å². The number of benzene rings is 4. The van der Waals surface area contributed by atoms with Gasteiger partial charge >= 0.3 is 0 Å². The Bertz CT molecular complexity index is 2360. The van der Waals surface area contributed by atoms with Crippen molar-refractivity contribution in [1.29, 1.82) is 0 Å². The van der Waals surface area contributed by atoms with Gasteiger partial charge in [0.2, 0.25) is 0 Å². The molecule has 5 saturated heterocycles. The molecule has 14 unspecified atom stereocenters. The third-order valence-corrected chi connectivity index (χ3v) is 18.4. The predicted octanol–water partition coefficient (Wildman–Crippen LogP) is 2.07. The van der Waals surface area contributed by atoms with Gasteiger partial charge in [0.25, 0.3) is 0 Å². The van der Waals surface area contributed by atoms with Crippen LogP contribution in [0, 0.1) is 29.6 Å². The molecule has 4 aromatic carbocycles. The second kappa shape index (κ2) is 13.9. The van der Waals surface area contributed by atoms with Crippen molar-refractivity contribution < 1.29 is 52.4 Å². The number of rotatable bonds is 5. The number of piperidine rings is 2. The van der Waals surface area contributed by atoms with Crippen LogP contribution < -0.4 is 43.8 Å². The highest BCUT2D eigenvalue weighted by atomic mass is 79.9. The number of anilines is 2. The zero-order valence-corrected chi connectivity index (χ0v) is 37.5. The first-order chi connectivity index (χ1) is 28.7. The first-order valence-corrected chi connectivity index (χ1v) is 22.8. The normalized spacial score (nSPS) is 41.6. The molecule has 8 heterocycles. The summed E-state index contributed by atoms with van der Waals surface area (Å²) in [4.78, 5) is 5.96. The van der Waals surface area contributed by atoms with Crippen LogP contribution in [0.4, 0.5) is 11.4 Å². The number of ether oxygens (including phenoxy) is 2. The van der Waals surface area contributed by atoms with E-state index in [9.17, 15) is 0 Å². The predicted molar refractivity (Wildman–Crippen MR) is 227 cm³/mol. The van der Waals surface area contributed by atoms with Gasteiger partial charge in [-0.05, 0) is 34.9 Å². The first kappa shape index (κ1) is 38.4. The van der Waals surface area contributed by atoms with Crippen LogP contribution >= 0.6 is 0 Å². The van der Waals surface area contributed by atoms with Crippen molar-refractivity contribution in [1.82, 2.24) is 0 Å². The number of hydrogen-bond donors (Lipinski definition) is 0. The van der Waals surface area contributed by atoms with E-state index in [0.717, 1.165) is 19.6 Å². The summed E-state index contributed by atoms with van der Waals surface area (Å²) in [5.41, 5.74) is 10.8. The fraction of sp³-hybridized carbons (Fsp3) is 0.462. The molecule has 8 aliphatic heterocycles. The molecule has 60 heavy (non-hydrogen) atoms. The first-order valence-electron chi connectivity index (χ1n) is 22.8. The van der Waals surface area contributed by atoms with Crippen LogP contribution in [0.3, 0.4) is 0 Å². The third-order valence-electron chi connectivity index (χ3n) is 18.4. The van der Waals surface area contributed by atoms with E-state index in [-0.39, 0.29) is 51.8 Å². The monoisotopic (exact) mass is 926 g/mol. The molecular formula is C52H56Br2N4O2. The Morgan fingerprint density at radius 3 is 1.93 bits per heavy atom. The molecular weight excluding hydrogens is 872 g/mol. The Hall–Kier alpha value is -3.24. The standard InChI is InChI=1S/C52H56N4O2.2BrH/c1-4-12-34(13-5-1)30-55-24-20-39-44(55)28-40-36(32-55)21-26-57-50-46(40)48(39)53(38-16-8-3-9-17-38)51-47-41-29-45-52(42-18-10-11-19-43(42)54(50)49(47)52)23-25-56(45,33-37(41)22-27-58-51)31-35-14-6-2-7-15-35;;/h1-19,21-22,39-41,44-51H,20,23-33H2;2*1H/q+2;;/p-2. The molecule has 0 amide bonds. The van der Waals surface area contributed by atoms with E-state index in [4.69, 9.17) is 9.47 Å². The van der Waals surface area contributed by atoms with Crippen molar-refractivity contribution in [3.05, 3.63) is 155 Å². The fourth-order valence-electron chi connectivity index (χ4n) is 16.7. The topological polar surface area (TPSA) is 24.9 Å². The molecule has 1 spiro atoms. The van der Waals surface area contributed by atoms with E-state index in [1.807, 2.05) is 0 Å². The molecule has 10 aliphatic rings. The molecule has 4 bridgehead atoms. The maximum Gasteiger partial charge on any atom is 0.136 e. The summed E-state index contributed by atoms with van der Waals surface area (Å²) < 4.78 is 17.7. The van der Waals surface area contributed by atoms with Gasteiger partial charge in [0.05, 0.1) is 43.8 Å². The zero-order chi connectivity index (χ0) is 37.8. The third kappa shape index (κ3) is 4.95. The van der Waals surface area contributed by atoms with E-state index in [1.54, 1.807) is 16.7 Å². The lowest BCUT2D eigenvalue weighted by Crippen LogP contribution is -3.00. The Labute approximate surface area is 376 Å². The fourth-order valence-corrected chi connectivity index (χ4v) is 16.7. The SMILES string of the molecule is C1=C2C[N+]3(Cc4ccccc4)CCC4C5C(C2CC43)C(OC1)N1c2ccccc2C23CC[N+]4(Cc6ccccc6)CC6=CCOC(C(C6CC24)C13)N5c1ccccc1.[Br-].[Br-]. The van der Waals surface area contributed by atoms with Crippen LogP contribution in [0.15, 0.2) is 139 Å². The molecule has 14 atom stereocenters. The minimum absolute atomic E-state index is 0. The summed E-state index contributed by atoms with van der Waals surface area (Å²) in [5, 5.41) is 0. The summed E-state index contributed by atoms with van der Waals surface area (Å²) in [6.45, 7) is 8.48. The lowest BCUT2D eigenvalue weighted by Gasteiger charge is -2.65. The van der Waals surface area contributed by atoms with Gasteiger partial charge in [-0.15, -0.1) is 0 Å². The molecule has 0 radical (unpaired) electrons.